The van der Waals surface area contributed by atoms with E-state index in [0.717, 1.165) is 5.69 Å². The molecule has 0 aliphatic carbocycles. The lowest BCUT2D eigenvalue weighted by atomic mass is 10.1. The molecule has 2 aromatic rings. The van der Waals surface area contributed by atoms with Crippen molar-refractivity contribution < 1.29 is 13.2 Å². The van der Waals surface area contributed by atoms with E-state index in [-0.39, 0.29) is 36.6 Å². The average molecular weight is 331 g/mol. The summed E-state index contributed by atoms with van der Waals surface area (Å²) in [5, 5.41) is 3.10. The summed E-state index contributed by atoms with van der Waals surface area (Å²) >= 11 is 0. The second kappa shape index (κ2) is 6.47. The molecular weight excluding hydrogens is 314 g/mol. The Balaban J connectivity index is 1.75. The number of pyridine rings is 1. The molecule has 0 saturated carbocycles. The Morgan fingerprint density at radius 1 is 1.00 bits per heavy atom. The maximum absolute atomic E-state index is 12.5. The lowest BCUT2D eigenvalue weighted by Gasteiger charge is -2.25. The minimum Gasteiger partial charge on any atom is -0.340 e. The number of anilines is 2. The first-order valence-electron chi connectivity index (χ1n) is 7.36. The minimum absolute atomic E-state index is 0.108. The van der Waals surface area contributed by atoms with E-state index in [4.69, 9.17) is 0 Å². The van der Waals surface area contributed by atoms with Crippen molar-refractivity contribution in [2.45, 2.75) is 17.7 Å². The zero-order valence-corrected chi connectivity index (χ0v) is 13.3. The van der Waals surface area contributed by atoms with Crippen LogP contribution in [0.15, 0.2) is 53.6 Å². The number of hydrogen-bond donors (Lipinski definition) is 1. The third-order valence-electron chi connectivity index (χ3n) is 3.70. The van der Waals surface area contributed by atoms with Crippen LogP contribution in [0.2, 0.25) is 0 Å². The van der Waals surface area contributed by atoms with E-state index in [1.807, 2.05) is 30.3 Å². The first-order valence-corrected chi connectivity index (χ1v) is 8.80. The van der Waals surface area contributed by atoms with E-state index >= 15 is 0 Å². The molecule has 1 N–H and O–H groups in total. The molecule has 1 aliphatic heterocycles. The summed E-state index contributed by atoms with van der Waals surface area (Å²) in [5.74, 6) is 0.681. The molecule has 0 spiro atoms. The molecule has 23 heavy (non-hydrogen) atoms. The number of ketones is 1. The van der Waals surface area contributed by atoms with Crippen molar-refractivity contribution in [2.24, 2.45) is 0 Å². The van der Waals surface area contributed by atoms with Gasteiger partial charge in [-0.1, -0.05) is 18.2 Å². The number of piperidine rings is 1. The summed E-state index contributed by atoms with van der Waals surface area (Å²) in [4.78, 5) is 15.6. The number of sulfonamides is 1. The van der Waals surface area contributed by atoms with E-state index in [0.29, 0.717) is 5.82 Å². The molecule has 1 saturated heterocycles. The molecule has 7 heteroatoms. The summed E-state index contributed by atoms with van der Waals surface area (Å²) in [7, 11) is -3.58. The number of nitrogens with zero attached hydrogens (tertiary/aromatic N) is 2. The molecule has 6 nitrogen and oxygen atoms in total. The van der Waals surface area contributed by atoms with Gasteiger partial charge in [-0.3, -0.25) is 4.79 Å². The molecular formula is C16H17N3O3S. The monoisotopic (exact) mass is 331 g/mol. The van der Waals surface area contributed by atoms with Crippen LogP contribution in [0.3, 0.4) is 0 Å². The van der Waals surface area contributed by atoms with Crippen LogP contribution in [0.4, 0.5) is 11.5 Å². The summed E-state index contributed by atoms with van der Waals surface area (Å²) in [6.07, 6.45) is 1.90. The highest BCUT2D eigenvalue weighted by atomic mass is 32.2. The Morgan fingerprint density at radius 3 is 2.30 bits per heavy atom. The van der Waals surface area contributed by atoms with Gasteiger partial charge >= 0.3 is 0 Å². The number of carbonyl (C=O) groups is 1. The lowest BCUT2D eigenvalue weighted by Crippen LogP contribution is -2.38. The Hall–Kier alpha value is -2.25. The second-order valence-corrected chi connectivity index (χ2v) is 7.25. The molecule has 1 fully saturated rings. The van der Waals surface area contributed by atoms with Gasteiger partial charge in [0.15, 0.2) is 0 Å². The van der Waals surface area contributed by atoms with Gasteiger partial charge in [-0.25, -0.2) is 13.4 Å². The number of nitrogens with one attached hydrogen (secondary N) is 1. The summed E-state index contributed by atoms with van der Waals surface area (Å²) in [6.45, 7) is 0.483. The normalized spacial score (nSPS) is 16.3. The van der Waals surface area contributed by atoms with Gasteiger partial charge in [0.2, 0.25) is 10.0 Å². The lowest BCUT2D eigenvalue weighted by molar-refractivity contribution is -0.120. The number of Topliss-reactive ketones (excluding diaryl/α,β-unsaturated/α-hetero) is 1. The van der Waals surface area contributed by atoms with Crippen LogP contribution in [0.1, 0.15) is 12.8 Å². The van der Waals surface area contributed by atoms with E-state index in [9.17, 15) is 13.2 Å². The molecule has 120 valence electrons. The molecule has 0 atom stereocenters. The third-order valence-corrected chi connectivity index (χ3v) is 5.58. The minimum atomic E-state index is -3.58. The van der Waals surface area contributed by atoms with Crippen LogP contribution in [0.25, 0.3) is 0 Å². The zero-order chi connectivity index (χ0) is 16.3. The summed E-state index contributed by atoms with van der Waals surface area (Å²) < 4.78 is 26.4. The van der Waals surface area contributed by atoms with E-state index in [2.05, 4.69) is 10.3 Å². The number of carbonyl (C=O) groups excluding carboxylic acids is 1. The second-order valence-electron chi connectivity index (χ2n) is 5.31. The van der Waals surface area contributed by atoms with Crippen molar-refractivity contribution in [3.05, 3.63) is 48.7 Å². The van der Waals surface area contributed by atoms with Gasteiger partial charge < -0.3 is 5.32 Å². The van der Waals surface area contributed by atoms with Crippen LogP contribution in [-0.4, -0.2) is 36.6 Å². The highest BCUT2D eigenvalue weighted by Gasteiger charge is 2.28. The van der Waals surface area contributed by atoms with Crippen molar-refractivity contribution in [1.29, 1.82) is 0 Å². The Labute approximate surface area is 135 Å². The average Bonchev–Trinajstić information content (AvgIpc) is 2.57. The van der Waals surface area contributed by atoms with Gasteiger partial charge in [-0.2, -0.15) is 4.31 Å². The van der Waals surface area contributed by atoms with Gasteiger partial charge in [0.1, 0.15) is 16.5 Å². The molecule has 3 rings (SSSR count). The van der Waals surface area contributed by atoms with E-state index in [1.165, 1.54) is 16.6 Å². The van der Waals surface area contributed by atoms with Crippen molar-refractivity contribution in [3.8, 4) is 0 Å². The van der Waals surface area contributed by atoms with Crippen LogP contribution in [0.5, 0.6) is 0 Å². The number of hydrogen-bond acceptors (Lipinski definition) is 5. The number of aromatic nitrogens is 1. The molecule has 0 unspecified atom stereocenters. The molecule has 1 aromatic heterocycles. The predicted octanol–water partition coefficient (Wildman–Crippen LogP) is 2.18. The van der Waals surface area contributed by atoms with Gasteiger partial charge in [-0.05, 0) is 24.3 Å². The van der Waals surface area contributed by atoms with Crippen molar-refractivity contribution >= 4 is 27.3 Å². The fourth-order valence-corrected chi connectivity index (χ4v) is 3.79. The van der Waals surface area contributed by atoms with Gasteiger partial charge in [0, 0.05) is 37.8 Å². The van der Waals surface area contributed by atoms with Crippen LogP contribution in [0, 0.1) is 0 Å². The Bertz CT molecular complexity index is 779. The number of para-hydroxylation sites is 1. The molecule has 0 amide bonds. The molecule has 0 radical (unpaired) electrons. The highest BCUT2D eigenvalue weighted by molar-refractivity contribution is 7.89. The predicted molar refractivity (Wildman–Crippen MR) is 87.0 cm³/mol. The zero-order valence-electron chi connectivity index (χ0n) is 12.5. The highest BCUT2D eigenvalue weighted by Crippen LogP contribution is 2.21. The topological polar surface area (TPSA) is 79.4 Å². The van der Waals surface area contributed by atoms with Crippen molar-refractivity contribution in [1.82, 2.24) is 9.29 Å². The first-order chi connectivity index (χ1) is 11.1. The number of rotatable bonds is 4. The number of benzene rings is 1. The van der Waals surface area contributed by atoms with Crippen molar-refractivity contribution in [2.75, 3.05) is 18.4 Å². The fourth-order valence-electron chi connectivity index (χ4n) is 2.40. The van der Waals surface area contributed by atoms with Crippen molar-refractivity contribution in [3.63, 3.8) is 0 Å². The van der Waals surface area contributed by atoms with Crippen LogP contribution < -0.4 is 5.32 Å². The Kier molecular flexibility index (Phi) is 4.40. The molecule has 2 heterocycles. The van der Waals surface area contributed by atoms with Gasteiger partial charge in [0.25, 0.3) is 0 Å². The summed E-state index contributed by atoms with van der Waals surface area (Å²) in [5.41, 5.74) is 0.880. The van der Waals surface area contributed by atoms with Crippen LogP contribution >= 0.6 is 0 Å². The largest absolute Gasteiger partial charge is 0.340 e. The maximum atomic E-state index is 12.5. The Morgan fingerprint density at radius 2 is 1.70 bits per heavy atom. The van der Waals surface area contributed by atoms with E-state index in [1.54, 1.807) is 6.07 Å². The maximum Gasteiger partial charge on any atom is 0.244 e. The smallest absolute Gasteiger partial charge is 0.244 e. The molecule has 1 aromatic carbocycles. The summed E-state index contributed by atoms with van der Waals surface area (Å²) in [6, 6.07) is 12.7. The van der Waals surface area contributed by atoms with Gasteiger partial charge in [-0.15, -0.1) is 0 Å². The first kappa shape index (κ1) is 15.6. The van der Waals surface area contributed by atoms with E-state index < -0.39 is 10.0 Å². The standard InChI is InChI=1S/C16H17N3O3S/c20-14-8-10-19(11-9-14)23(21,22)15-6-7-16(17-12-15)18-13-4-2-1-3-5-13/h1-7,12H,8-11H2,(H,17,18). The third kappa shape index (κ3) is 3.57. The SMILES string of the molecule is O=C1CCN(S(=O)(=O)c2ccc(Nc3ccccc3)nc2)CC1. The molecule has 1 aliphatic rings. The van der Waals surface area contributed by atoms with Gasteiger partial charge in [0.05, 0.1) is 0 Å². The fraction of sp³-hybridized carbons (Fsp3) is 0.250. The molecule has 0 bridgehead atoms. The van der Waals surface area contributed by atoms with Crippen LogP contribution in [-0.2, 0) is 14.8 Å². The quantitative estimate of drug-likeness (QED) is 0.929.